The van der Waals surface area contributed by atoms with Crippen molar-refractivity contribution in [1.29, 1.82) is 0 Å². The van der Waals surface area contributed by atoms with Gasteiger partial charge in [0.25, 0.3) is 0 Å². The van der Waals surface area contributed by atoms with Crippen molar-refractivity contribution in [3.8, 4) is 0 Å². The lowest BCUT2D eigenvalue weighted by molar-refractivity contribution is -0.235. The van der Waals surface area contributed by atoms with E-state index in [9.17, 15) is 29.1 Å². The van der Waals surface area contributed by atoms with Crippen molar-refractivity contribution in [3.05, 3.63) is 41.5 Å². The highest BCUT2D eigenvalue weighted by atomic mass is 16.8. The van der Waals surface area contributed by atoms with E-state index in [0.29, 0.717) is 18.4 Å². The van der Waals surface area contributed by atoms with E-state index < -0.39 is 113 Å². The number of nitrogens with zero attached hydrogens (tertiary/aromatic N) is 2. The van der Waals surface area contributed by atoms with E-state index >= 15 is 4.79 Å². The maximum absolute atomic E-state index is 15.5. The summed E-state index contributed by atoms with van der Waals surface area (Å²) >= 11 is 0. The lowest BCUT2D eigenvalue weighted by Crippen LogP contribution is -2.70. The van der Waals surface area contributed by atoms with E-state index in [1.165, 1.54) is 11.1 Å². The van der Waals surface area contributed by atoms with Crippen molar-refractivity contribution >= 4 is 41.8 Å². The number of hydrogen-bond donors (Lipinski definition) is 2. The molecule has 2 N–H and O–H groups in total. The maximum atomic E-state index is 15.5. The zero-order valence-corrected chi connectivity index (χ0v) is 36.6. The molecule has 9 rings (SSSR count). The summed E-state index contributed by atoms with van der Waals surface area (Å²) in [5.41, 5.74) is -1.38. The first-order valence-corrected chi connectivity index (χ1v) is 22.5. The standard InChI is InChI=1S/C46H59N3O14/c1-43(2,3)60-33(52)19-17-29(23-50)47-39(53)30-7-6-20-48(30)42(56)45-21-31-34-35(62-46(61-34,27-13-14-27)28-15-16-28)37(45)63-49(36(45)40(54)58-31)22-26-10-8-25(9-11-26)12-18-32(51)59-38-41(55)57-24-44(38,4)5/h8-12,18,27-31,34-38,50H,6-7,13-17,19-24H2,1-5H3,(H,47,53). The summed E-state index contributed by atoms with van der Waals surface area (Å²) in [6.07, 6.45) is 3.76. The molecule has 0 aromatic heterocycles. The second-order valence-electron chi connectivity index (χ2n) is 20.3. The summed E-state index contributed by atoms with van der Waals surface area (Å²) < 4.78 is 36.0. The maximum Gasteiger partial charge on any atom is 0.348 e. The molecule has 8 aliphatic rings. The van der Waals surface area contributed by atoms with E-state index in [1.54, 1.807) is 57.7 Å². The Labute approximate surface area is 366 Å². The van der Waals surface area contributed by atoms with Crippen molar-refractivity contribution in [3.63, 3.8) is 0 Å². The van der Waals surface area contributed by atoms with Crippen molar-refractivity contribution in [2.75, 3.05) is 19.8 Å². The van der Waals surface area contributed by atoms with Gasteiger partial charge >= 0.3 is 23.9 Å². The number of rotatable bonds is 14. The topological polar surface area (TPSA) is 206 Å². The van der Waals surface area contributed by atoms with Crippen LogP contribution in [0.3, 0.4) is 0 Å². The Bertz CT molecular complexity index is 2030. The van der Waals surface area contributed by atoms with Gasteiger partial charge in [-0.1, -0.05) is 38.1 Å². The van der Waals surface area contributed by atoms with Gasteiger partial charge < -0.3 is 43.7 Å². The minimum atomic E-state index is -1.48. The third kappa shape index (κ3) is 8.17. The predicted octanol–water partition coefficient (Wildman–Crippen LogP) is 2.88. The first kappa shape index (κ1) is 43.8. The Hall–Kier alpha value is -4.42. The molecule has 3 aliphatic carbocycles. The van der Waals surface area contributed by atoms with Crippen LogP contribution >= 0.6 is 0 Å². The zero-order valence-electron chi connectivity index (χ0n) is 36.6. The molecule has 5 heterocycles. The molecule has 342 valence electrons. The first-order chi connectivity index (χ1) is 29.9. The van der Waals surface area contributed by atoms with Crippen molar-refractivity contribution in [1.82, 2.24) is 15.3 Å². The van der Waals surface area contributed by atoms with Crippen LogP contribution in [0.15, 0.2) is 30.3 Å². The number of carbonyl (C=O) groups excluding carboxylic acids is 6. The fourth-order valence-corrected chi connectivity index (χ4v) is 10.6. The molecule has 1 aromatic rings. The summed E-state index contributed by atoms with van der Waals surface area (Å²) in [5.74, 6) is -3.60. The molecule has 1 aromatic carbocycles. The molecule has 0 spiro atoms. The number of hydroxylamine groups is 2. The molecule has 2 amide bonds. The largest absolute Gasteiger partial charge is 0.462 e. The van der Waals surface area contributed by atoms with Gasteiger partial charge in [-0.2, -0.15) is 5.06 Å². The third-order valence-electron chi connectivity index (χ3n) is 13.9. The molecule has 5 saturated heterocycles. The number of benzene rings is 1. The number of amides is 2. The van der Waals surface area contributed by atoms with E-state index in [0.717, 1.165) is 31.2 Å². The van der Waals surface area contributed by atoms with Gasteiger partial charge in [-0.15, -0.1) is 0 Å². The number of nitrogens with one attached hydrogen (secondary N) is 1. The zero-order chi connectivity index (χ0) is 44.6. The normalized spacial score (nSPS) is 33.4. The van der Waals surface area contributed by atoms with Crippen LogP contribution in [-0.2, 0) is 68.6 Å². The molecular weight excluding hydrogens is 819 g/mol. The summed E-state index contributed by atoms with van der Waals surface area (Å²) in [7, 11) is 0. The first-order valence-electron chi connectivity index (χ1n) is 22.5. The second kappa shape index (κ2) is 16.2. The Morgan fingerprint density at radius 2 is 1.68 bits per heavy atom. The highest BCUT2D eigenvalue weighted by Gasteiger charge is 2.78. The molecular formula is C46H59N3O14. The lowest BCUT2D eigenvalue weighted by atomic mass is 9.62. The number of esters is 4. The molecule has 17 heteroatoms. The minimum Gasteiger partial charge on any atom is -0.462 e. The van der Waals surface area contributed by atoms with E-state index in [2.05, 4.69) is 5.32 Å². The third-order valence-corrected chi connectivity index (χ3v) is 13.9. The van der Waals surface area contributed by atoms with Crippen molar-refractivity contribution < 1.29 is 67.1 Å². The Morgan fingerprint density at radius 1 is 0.984 bits per heavy atom. The van der Waals surface area contributed by atoms with Gasteiger partial charge in [-0.05, 0) is 82.9 Å². The molecule has 2 bridgehead atoms. The molecule has 0 radical (unpaired) electrons. The summed E-state index contributed by atoms with van der Waals surface area (Å²) in [5, 5.41) is 14.6. The lowest BCUT2D eigenvalue weighted by Gasteiger charge is -2.50. The number of carbonyl (C=O) groups is 6. The van der Waals surface area contributed by atoms with Gasteiger partial charge in [0, 0.05) is 42.7 Å². The molecule has 63 heavy (non-hydrogen) atoms. The number of aliphatic hydroxyl groups is 1. The average molecular weight is 878 g/mol. The van der Waals surface area contributed by atoms with Gasteiger partial charge in [0.2, 0.25) is 17.9 Å². The number of cyclic esters (lactones) is 1. The Balaban J connectivity index is 0.952. The number of fused-ring (bicyclic) bond motifs is 4. The predicted molar refractivity (Wildman–Crippen MR) is 218 cm³/mol. The number of ether oxygens (including phenoxy) is 6. The minimum absolute atomic E-state index is 0.0144. The molecule has 5 aliphatic heterocycles. The SMILES string of the molecule is CC(C)(C)OC(=O)CCC(CO)NC(=O)C1CCCN1C(=O)C12CC3OC(=O)C1N(Cc1ccc(C=CC(=O)OC4C(=O)OCC4(C)C)cc1)OC2C1OC(C2CC2)(C2CC2)OC31. The van der Waals surface area contributed by atoms with Crippen LogP contribution in [0.4, 0.5) is 0 Å². The molecule has 9 atom stereocenters. The summed E-state index contributed by atoms with van der Waals surface area (Å²) in [6.45, 7) is 8.99. The van der Waals surface area contributed by atoms with Crippen molar-refractivity contribution in [2.24, 2.45) is 22.7 Å². The van der Waals surface area contributed by atoms with E-state index in [1.807, 2.05) is 12.1 Å². The molecule has 3 saturated carbocycles. The number of aliphatic hydroxyl groups excluding tert-OH is 1. The van der Waals surface area contributed by atoms with Gasteiger partial charge in [0.1, 0.15) is 48.1 Å². The fraction of sp³-hybridized carbons (Fsp3) is 0.696. The quantitative estimate of drug-likeness (QED) is 0.157. The van der Waals surface area contributed by atoms with Crippen LogP contribution < -0.4 is 5.32 Å². The smallest absolute Gasteiger partial charge is 0.348 e. The summed E-state index contributed by atoms with van der Waals surface area (Å²) in [6, 6.07) is 4.42. The monoisotopic (exact) mass is 877 g/mol. The molecule has 9 unspecified atom stereocenters. The van der Waals surface area contributed by atoms with Crippen LogP contribution in [0, 0.1) is 22.7 Å². The highest BCUT2D eigenvalue weighted by Crippen LogP contribution is 2.64. The highest BCUT2D eigenvalue weighted by molar-refractivity contribution is 5.97. The van der Waals surface area contributed by atoms with Crippen LogP contribution in [0.5, 0.6) is 0 Å². The van der Waals surface area contributed by atoms with Crippen LogP contribution in [-0.4, -0.2) is 131 Å². The number of hydrogen-bond acceptors (Lipinski definition) is 15. The van der Waals surface area contributed by atoms with Gasteiger partial charge in [-0.25, -0.2) is 9.59 Å². The second-order valence-corrected chi connectivity index (χ2v) is 20.3. The van der Waals surface area contributed by atoms with Gasteiger partial charge in [0.15, 0.2) is 11.8 Å². The van der Waals surface area contributed by atoms with Crippen LogP contribution in [0.25, 0.3) is 6.08 Å². The van der Waals surface area contributed by atoms with E-state index in [-0.39, 0.29) is 50.8 Å². The van der Waals surface area contributed by atoms with Crippen LogP contribution in [0.2, 0.25) is 0 Å². The fourth-order valence-electron chi connectivity index (χ4n) is 10.6. The summed E-state index contributed by atoms with van der Waals surface area (Å²) in [4.78, 5) is 89.4. The van der Waals surface area contributed by atoms with E-state index in [4.69, 9.17) is 33.3 Å². The Kier molecular flexibility index (Phi) is 11.3. The average Bonchev–Trinajstić information content (AvgIpc) is 4.13. The van der Waals surface area contributed by atoms with Crippen molar-refractivity contribution in [2.45, 2.75) is 159 Å². The number of likely N-dealkylation sites (tertiary alicyclic amines) is 1. The van der Waals surface area contributed by atoms with Gasteiger partial charge in [-0.3, -0.25) is 24.0 Å². The molecule has 8 fully saturated rings. The van der Waals surface area contributed by atoms with Gasteiger partial charge in [0.05, 0.1) is 19.2 Å². The molecule has 17 nitrogen and oxygen atoms in total. The Morgan fingerprint density at radius 3 is 2.32 bits per heavy atom. The van der Waals surface area contributed by atoms with Crippen LogP contribution in [0.1, 0.15) is 104 Å².